The van der Waals surface area contributed by atoms with Crippen LogP contribution in [-0.4, -0.2) is 5.91 Å². The number of amides is 1. The summed E-state index contributed by atoms with van der Waals surface area (Å²) in [6, 6.07) is 16.1. The van der Waals surface area contributed by atoms with Gasteiger partial charge in [0.1, 0.15) is 0 Å². The zero-order chi connectivity index (χ0) is 14.2. The second kappa shape index (κ2) is 4.88. The van der Waals surface area contributed by atoms with Crippen LogP contribution in [-0.2, 0) is 0 Å². The predicted molar refractivity (Wildman–Crippen MR) is 86.1 cm³/mol. The molecule has 0 spiro atoms. The van der Waals surface area contributed by atoms with Gasteiger partial charge < -0.3 is 5.32 Å². The Morgan fingerprint density at radius 2 is 1.29 bits per heavy atom. The summed E-state index contributed by atoms with van der Waals surface area (Å²) < 4.78 is 0. The molecular weight excluding hydrogens is 258 g/mol. The van der Waals surface area contributed by atoms with Gasteiger partial charge in [-0.05, 0) is 54.5 Å². The topological polar surface area (TPSA) is 29.1 Å². The minimum absolute atomic E-state index is 0.00447. The van der Waals surface area contributed by atoms with E-state index in [1.807, 2.05) is 30.3 Å². The SMILES string of the molecule is O=C1Nc2ccccc2C2=C(CCCC2)c2ccccc21. The number of anilines is 1. The van der Waals surface area contributed by atoms with Crippen molar-refractivity contribution in [2.24, 2.45) is 0 Å². The fraction of sp³-hybridized carbons (Fsp3) is 0.211. The van der Waals surface area contributed by atoms with Gasteiger partial charge in [0.15, 0.2) is 0 Å². The molecule has 1 amide bonds. The standard InChI is InChI=1S/C19H17NO/c21-19-17-11-4-3-9-15(17)13-7-1-2-8-14(13)16-10-5-6-12-18(16)20-19/h3-6,9-12H,1-2,7-8H2,(H,20,21). The van der Waals surface area contributed by atoms with Crippen molar-refractivity contribution in [2.75, 3.05) is 5.32 Å². The van der Waals surface area contributed by atoms with E-state index in [1.165, 1.54) is 29.6 Å². The quantitative estimate of drug-likeness (QED) is 0.739. The van der Waals surface area contributed by atoms with Crippen molar-refractivity contribution in [3.63, 3.8) is 0 Å². The summed E-state index contributed by atoms with van der Waals surface area (Å²) in [6.07, 6.45) is 4.59. The molecule has 0 unspecified atom stereocenters. The summed E-state index contributed by atoms with van der Waals surface area (Å²) in [5, 5.41) is 3.08. The maximum Gasteiger partial charge on any atom is 0.256 e. The van der Waals surface area contributed by atoms with Gasteiger partial charge in [0.2, 0.25) is 0 Å². The van der Waals surface area contributed by atoms with Gasteiger partial charge in [-0.3, -0.25) is 4.79 Å². The van der Waals surface area contributed by atoms with Gasteiger partial charge in [-0.2, -0.15) is 0 Å². The number of rotatable bonds is 0. The molecule has 0 bridgehead atoms. The van der Waals surface area contributed by atoms with Crippen molar-refractivity contribution in [3.05, 3.63) is 65.2 Å². The van der Waals surface area contributed by atoms with Crippen LogP contribution in [0.15, 0.2) is 48.5 Å². The molecule has 1 N–H and O–H groups in total. The van der Waals surface area contributed by atoms with E-state index in [-0.39, 0.29) is 5.91 Å². The van der Waals surface area contributed by atoms with Crippen LogP contribution in [0.4, 0.5) is 5.69 Å². The number of carbonyl (C=O) groups is 1. The second-order valence-electron chi connectivity index (χ2n) is 5.71. The molecule has 1 aliphatic carbocycles. The number of fused-ring (bicyclic) bond motifs is 4. The molecule has 1 heterocycles. The second-order valence-corrected chi connectivity index (χ2v) is 5.71. The molecule has 2 aromatic rings. The summed E-state index contributed by atoms with van der Waals surface area (Å²) in [5.41, 5.74) is 6.80. The monoisotopic (exact) mass is 275 g/mol. The Balaban J connectivity index is 2.05. The maximum atomic E-state index is 12.6. The van der Waals surface area contributed by atoms with Crippen molar-refractivity contribution in [1.29, 1.82) is 0 Å². The minimum atomic E-state index is -0.00447. The fourth-order valence-electron chi connectivity index (χ4n) is 3.49. The van der Waals surface area contributed by atoms with Crippen LogP contribution in [0.5, 0.6) is 0 Å². The molecule has 2 heteroatoms. The van der Waals surface area contributed by atoms with E-state index in [2.05, 4.69) is 23.5 Å². The molecule has 0 fully saturated rings. The lowest BCUT2D eigenvalue weighted by Gasteiger charge is -2.26. The van der Waals surface area contributed by atoms with Crippen molar-refractivity contribution in [3.8, 4) is 0 Å². The molecule has 0 radical (unpaired) electrons. The Morgan fingerprint density at radius 3 is 2.05 bits per heavy atom. The first-order chi connectivity index (χ1) is 10.3. The van der Waals surface area contributed by atoms with Gasteiger partial charge in [0.05, 0.1) is 0 Å². The van der Waals surface area contributed by atoms with E-state index in [9.17, 15) is 4.79 Å². The lowest BCUT2D eigenvalue weighted by Crippen LogP contribution is -2.18. The molecule has 0 atom stereocenters. The Bertz CT molecular complexity index is 758. The molecular formula is C19H17NO. The molecule has 0 saturated carbocycles. The molecule has 2 aliphatic rings. The number of nitrogens with one attached hydrogen (secondary N) is 1. The highest BCUT2D eigenvalue weighted by molar-refractivity contribution is 6.12. The van der Waals surface area contributed by atoms with Crippen LogP contribution in [0, 0.1) is 0 Å². The highest BCUT2D eigenvalue weighted by Crippen LogP contribution is 2.42. The average Bonchev–Trinajstić information content (AvgIpc) is 2.54. The summed E-state index contributed by atoms with van der Waals surface area (Å²) in [5.74, 6) is -0.00447. The van der Waals surface area contributed by atoms with Crippen LogP contribution in [0.25, 0.3) is 11.1 Å². The zero-order valence-electron chi connectivity index (χ0n) is 11.9. The zero-order valence-corrected chi connectivity index (χ0v) is 11.9. The smallest absolute Gasteiger partial charge is 0.256 e. The number of para-hydroxylation sites is 1. The minimum Gasteiger partial charge on any atom is -0.321 e. The van der Waals surface area contributed by atoms with Crippen LogP contribution in [0.3, 0.4) is 0 Å². The van der Waals surface area contributed by atoms with E-state index < -0.39 is 0 Å². The summed E-state index contributed by atoms with van der Waals surface area (Å²) in [6.45, 7) is 0. The molecule has 0 aromatic heterocycles. The van der Waals surface area contributed by atoms with Crippen LogP contribution >= 0.6 is 0 Å². The van der Waals surface area contributed by atoms with Crippen molar-refractivity contribution in [2.45, 2.75) is 25.7 Å². The molecule has 4 rings (SSSR count). The summed E-state index contributed by atoms with van der Waals surface area (Å²) >= 11 is 0. The first-order valence-electron chi connectivity index (χ1n) is 7.57. The molecule has 21 heavy (non-hydrogen) atoms. The maximum absolute atomic E-state index is 12.6. The van der Waals surface area contributed by atoms with E-state index in [1.54, 1.807) is 0 Å². The number of hydrogen-bond donors (Lipinski definition) is 1. The Hall–Kier alpha value is -2.35. The third-order valence-corrected chi connectivity index (χ3v) is 4.47. The Kier molecular flexibility index (Phi) is 2.88. The van der Waals surface area contributed by atoms with Gasteiger partial charge in [0.25, 0.3) is 5.91 Å². The molecule has 1 aliphatic heterocycles. The molecule has 104 valence electrons. The van der Waals surface area contributed by atoms with Crippen molar-refractivity contribution < 1.29 is 4.79 Å². The predicted octanol–water partition coefficient (Wildman–Crippen LogP) is 4.74. The van der Waals surface area contributed by atoms with Gasteiger partial charge in [-0.1, -0.05) is 36.4 Å². The number of carbonyl (C=O) groups excluding carboxylic acids is 1. The van der Waals surface area contributed by atoms with E-state index in [0.29, 0.717) is 0 Å². The van der Waals surface area contributed by atoms with Gasteiger partial charge in [0, 0.05) is 16.8 Å². The number of allylic oxidation sites excluding steroid dienone is 2. The lowest BCUT2D eigenvalue weighted by atomic mass is 9.81. The van der Waals surface area contributed by atoms with Crippen molar-refractivity contribution in [1.82, 2.24) is 0 Å². The highest BCUT2D eigenvalue weighted by Gasteiger charge is 2.24. The van der Waals surface area contributed by atoms with Crippen LogP contribution in [0.2, 0.25) is 0 Å². The average molecular weight is 275 g/mol. The van der Waals surface area contributed by atoms with Crippen molar-refractivity contribution >= 4 is 22.7 Å². The Morgan fingerprint density at radius 1 is 0.714 bits per heavy atom. The van der Waals surface area contributed by atoms with E-state index in [0.717, 1.165) is 29.7 Å². The summed E-state index contributed by atoms with van der Waals surface area (Å²) in [4.78, 5) is 12.6. The Labute approximate surface area is 124 Å². The summed E-state index contributed by atoms with van der Waals surface area (Å²) in [7, 11) is 0. The third kappa shape index (κ3) is 1.99. The lowest BCUT2D eigenvalue weighted by molar-refractivity contribution is 0.102. The number of benzene rings is 2. The van der Waals surface area contributed by atoms with Gasteiger partial charge in [-0.25, -0.2) is 0 Å². The van der Waals surface area contributed by atoms with E-state index in [4.69, 9.17) is 0 Å². The normalized spacial score (nSPS) is 17.0. The fourth-order valence-corrected chi connectivity index (χ4v) is 3.49. The van der Waals surface area contributed by atoms with Crippen LogP contribution in [0.1, 0.15) is 47.2 Å². The van der Waals surface area contributed by atoms with Gasteiger partial charge >= 0.3 is 0 Å². The third-order valence-electron chi connectivity index (χ3n) is 4.47. The van der Waals surface area contributed by atoms with Gasteiger partial charge in [-0.15, -0.1) is 0 Å². The molecule has 2 nitrogen and oxygen atoms in total. The molecule has 0 saturated heterocycles. The largest absolute Gasteiger partial charge is 0.321 e. The molecule has 2 aromatic carbocycles. The first-order valence-corrected chi connectivity index (χ1v) is 7.57. The first kappa shape index (κ1) is 12.4. The van der Waals surface area contributed by atoms with E-state index >= 15 is 0 Å². The highest BCUT2D eigenvalue weighted by atomic mass is 16.1. The van der Waals surface area contributed by atoms with Crippen LogP contribution < -0.4 is 5.32 Å². The number of hydrogen-bond acceptors (Lipinski definition) is 1.